The number of benzene rings is 2. The number of hydrogen-bond acceptors (Lipinski definition) is 5. The summed E-state index contributed by atoms with van der Waals surface area (Å²) < 4.78 is 0. The number of thioether (sulfide) groups is 1. The van der Waals surface area contributed by atoms with Gasteiger partial charge in [0.25, 0.3) is 0 Å². The van der Waals surface area contributed by atoms with Gasteiger partial charge in [0.1, 0.15) is 12.1 Å². The van der Waals surface area contributed by atoms with Crippen LogP contribution in [0.15, 0.2) is 60.7 Å². The Bertz CT molecular complexity index is 983. The standard InChI is InChI=1S/C25H28N2O5S/c1-17(16-33-25(32)19-11-6-3-7-12-19)23(29)27-14-8-13-21(27)22(28)26-20(24(30)31)15-18-9-4-2-5-10-18/h2-7,9-12,17,20-21H,8,13-16H2,1H3,(H,26,28)(H,30,31)/t17?,20-,21-/m0/s1. The molecule has 0 spiro atoms. The van der Waals surface area contributed by atoms with Crippen LogP contribution in [0, 0.1) is 5.92 Å². The molecule has 2 N–H and O–H groups in total. The Kier molecular flexibility index (Phi) is 8.65. The van der Waals surface area contributed by atoms with Crippen LogP contribution in [0.3, 0.4) is 0 Å². The number of carboxylic acids is 1. The van der Waals surface area contributed by atoms with Crippen LogP contribution in [-0.2, 0) is 20.8 Å². The second-order valence-corrected chi connectivity index (χ2v) is 9.14. The molecule has 1 unspecified atom stereocenters. The van der Waals surface area contributed by atoms with Crippen molar-refractivity contribution in [2.45, 2.75) is 38.3 Å². The average molecular weight is 469 g/mol. The van der Waals surface area contributed by atoms with E-state index in [0.29, 0.717) is 30.7 Å². The largest absolute Gasteiger partial charge is 0.480 e. The quantitative estimate of drug-likeness (QED) is 0.586. The smallest absolute Gasteiger partial charge is 0.326 e. The first-order valence-electron chi connectivity index (χ1n) is 11.0. The Balaban J connectivity index is 1.57. The highest BCUT2D eigenvalue weighted by atomic mass is 32.2. The number of aliphatic carboxylic acids is 1. The highest BCUT2D eigenvalue weighted by molar-refractivity contribution is 8.14. The van der Waals surface area contributed by atoms with Gasteiger partial charge in [0.15, 0.2) is 0 Å². The van der Waals surface area contributed by atoms with Crippen molar-refractivity contribution in [2.75, 3.05) is 12.3 Å². The maximum Gasteiger partial charge on any atom is 0.326 e. The Morgan fingerprint density at radius 3 is 2.33 bits per heavy atom. The van der Waals surface area contributed by atoms with E-state index in [1.807, 2.05) is 36.4 Å². The fraction of sp³-hybridized carbons (Fsp3) is 0.360. The molecule has 3 atom stereocenters. The van der Waals surface area contributed by atoms with Crippen LogP contribution in [0.1, 0.15) is 35.7 Å². The molecule has 0 aromatic heterocycles. The molecular formula is C25H28N2O5S. The zero-order valence-corrected chi connectivity index (χ0v) is 19.3. The predicted octanol–water partition coefficient (Wildman–Crippen LogP) is 3.00. The van der Waals surface area contributed by atoms with Gasteiger partial charge in [-0.05, 0) is 18.4 Å². The van der Waals surface area contributed by atoms with Gasteiger partial charge in [0.05, 0.1) is 0 Å². The van der Waals surface area contributed by atoms with Crippen LogP contribution in [0.2, 0.25) is 0 Å². The minimum Gasteiger partial charge on any atom is -0.480 e. The molecule has 174 valence electrons. The van der Waals surface area contributed by atoms with Crippen molar-refractivity contribution in [3.05, 3.63) is 71.8 Å². The summed E-state index contributed by atoms with van der Waals surface area (Å²) >= 11 is 1.09. The molecule has 8 heteroatoms. The molecule has 0 bridgehead atoms. The number of nitrogens with one attached hydrogen (secondary N) is 1. The maximum atomic E-state index is 13.0. The van der Waals surface area contributed by atoms with Crippen LogP contribution in [-0.4, -0.2) is 57.3 Å². The fourth-order valence-electron chi connectivity index (χ4n) is 3.83. The molecule has 1 aliphatic rings. The van der Waals surface area contributed by atoms with E-state index >= 15 is 0 Å². The summed E-state index contributed by atoms with van der Waals surface area (Å²) in [5, 5.41) is 12.1. The maximum absolute atomic E-state index is 13.0. The van der Waals surface area contributed by atoms with Crippen molar-refractivity contribution in [1.29, 1.82) is 0 Å². The van der Waals surface area contributed by atoms with E-state index < -0.39 is 29.9 Å². The van der Waals surface area contributed by atoms with Gasteiger partial charge in [0, 0.05) is 30.2 Å². The number of amides is 2. The SMILES string of the molecule is CC(CSC(=O)c1ccccc1)C(=O)N1CCC[C@H]1C(=O)N[C@@H](Cc1ccccc1)C(=O)O. The van der Waals surface area contributed by atoms with Gasteiger partial charge in [-0.3, -0.25) is 14.4 Å². The highest BCUT2D eigenvalue weighted by Crippen LogP contribution is 2.23. The summed E-state index contributed by atoms with van der Waals surface area (Å²) in [6.07, 6.45) is 1.32. The number of carbonyl (C=O) groups excluding carboxylic acids is 3. The summed E-state index contributed by atoms with van der Waals surface area (Å²) in [6, 6.07) is 16.2. The number of carbonyl (C=O) groups is 4. The predicted molar refractivity (Wildman–Crippen MR) is 127 cm³/mol. The van der Waals surface area contributed by atoms with E-state index in [1.54, 1.807) is 31.2 Å². The van der Waals surface area contributed by atoms with Gasteiger partial charge in [-0.25, -0.2) is 4.79 Å². The molecule has 1 heterocycles. The van der Waals surface area contributed by atoms with Gasteiger partial charge >= 0.3 is 5.97 Å². The Morgan fingerprint density at radius 2 is 1.70 bits per heavy atom. The summed E-state index contributed by atoms with van der Waals surface area (Å²) in [5.74, 6) is -1.91. The van der Waals surface area contributed by atoms with E-state index in [2.05, 4.69) is 5.32 Å². The van der Waals surface area contributed by atoms with Gasteiger partial charge in [0.2, 0.25) is 16.9 Å². The highest BCUT2D eigenvalue weighted by Gasteiger charge is 2.37. The number of carboxylic acid groups (broad SMARTS) is 1. The second kappa shape index (κ2) is 11.7. The third kappa shape index (κ3) is 6.68. The molecule has 2 aromatic carbocycles. The lowest BCUT2D eigenvalue weighted by Gasteiger charge is -2.27. The first-order valence-corrected chi connectivity index (χ1v) is 11.9. The molecule has 1 saturated heterocycles. The summed E-state index contributed by atoms with van der Waals surface area (Å²) in [4.78, 5) is 51.5. The number of hydrogen-bond donors (Lipinski definition) is 2. The van der Waals surface area contributed by atoms with Gasteiger partial charge in [-0.2, -0.15) is 0 Å². The lowest BCUT2D eigenvalue weighted by atomic mass is 10.1. The molecule has 1 aliphatic heterocycles. The van der Waals surface area contributed by atoms with Crippen molar-refractivity contribution < 1.29 is 24.3 Å². The Hall–Kier alpha value is -3.13. The molecule has 2 amide bonds. The van der Waals surface area contributed by atoms with E-state index in [1.165, 1.54) is 4.90 Å². The van der Waals surface area contributed by atoms with Gasteiger partial charge in [-0.15, -0.1) is 0 Å². The van der Waals surface area contributed by atoms with Gasteiger partial charge < -0.3 is 15.3 Å². The summed E-state index contributed by atoms with van der Waals surface area (Å²) in [7, 11) is 0. The minimum absolute atomic E-state index is 0.101. The Morgan fingerprint density at radius 1 is 1.06 bits per heavy atom. The molecule has 0 radical (unpaired) electrons. The van der Waals surface area contributed by atoms with E-state index in [0.717, 1.165) is 17.3 Å². The lowest BCUT2D eigenvalue weighted by molar-refractivity contribution is -0.144. The monoisotopic (exact) mass is 468 g/mol. The third-order valence-corrected chi connectivity index (χ3v) is 6.80. The molecule has 33 heavy (non-hydrogen) atoms. The Labute approximate surface area is 197 Å². The first kappa shape index (κ1) is 24.5. The molecule has 7 nitrogen and oxygen atoms in total. The summed E-state index contributed by atoms with van der Waals surface area (Å²) in [5.41, 5.74) is 1.39. The molecular weight excluding hydrogens is 440 g/mol. The van der Waals surface area contributed by atoms with Crippen molar-refractivity contribution in [3.8, 4) is 0 Å². The topological polar surface area (TPSA) is 104 Å². The zero-order chi connectivity index (χ0) is 23.8. The third-order valence-electron chi connectivity index (χ3n) is 5.63. The minimum atomic E-state index is -1.12. The van der Waals surface area contributed by atoms with E-state index in [9.17, 15) is 24.3 Å². The molecule has 0 saturated carbocycles. The lowest BCUT2D eigenvalue weighted by Crippen LogP contribution is -2.52. The summed E-state index contributed by atoms with van der Waals surface area (Å²) in [6.45, 7) is 2.19. The second-order valence-electron chi connectivity index (χ2n) is 8.14. The van der Waals surface area contributed by atoms with Crippen molar-refractivity contribution in [1.82, 2.24) is 10.2 Å². The average Bonchev–Trinajstić information content (AvgIpc) is 3.32. The fourth-order valence-corrected chi connectivity index (χ4v) is 4.68. The molecule has 3 rings (SSSR count). The van der Waals surface area contributed by atoms with Crippen LogP contribution in [0.25, 0.3) is 0 Å². The van der Waals surface area contributed by atoms with Crippen LogP contribution >= 0.6 is 11.8 Å². The normalized spacial score (nSPS) is 17.2. The van der Waals surface area contributed by atoms with E-state index in [-0.39, 0.29) is 17.4 Å². The van der Waals surface area contributed by atoms with Crippen molar-refractivity contribution >= 4 is 34.7 Å². The first-order chi connectivity index (χ1) is 15.9. The molecule has 2 aromatic rings. The number of likely N-dealkylation sites (tertiary alicyclic amines) is 1. The van der Waals surface area contributed by atoms with E-state index in [4.69, 9.17) is 0 Å². The van der Waals surface area contributed by atoms with Crippen molar-refractivity contribution in [2.24, 2.45) is 5.92 Å². The number of nitrogens with zero attached hydrogens (tertiary/aromatic N) is 1. The zero-order valence-electron chi connectivity index (χ0n) is 18.5. The van der Waals surface area contributed by atoms with Gasteiger partial charge in [-0.1, -0.05) is 79.3 Å². The van der Waals surface area contributed by atoms with Crippen molar-refractivity contribution in [3.63, 3.8) is 0 Å². The van der Waals surface area contributed by atoms with Crippen LogP contribution in [0.4, 0.5) is 0 Å². The van der Waals surface area contributed by atoms with Crippen LogP contribution < -0.4 is 5.32 Å². The molecule has 0 aliphatic carbocycles. The molecule has 1 fully saturated rings. The van der Waals surface area contributed by atoms with Crippen LogP contribution in [0.5, 0.6) is 0 Å². The number of rotatable bonds is 9.